The van der Waals surface area contributed by atoms with Crippen molar-refractivity contribution in [3.63, 3.8) is 0 Å². The van der Waals surface area contributed by atoms with E-state index in [9.17, 15) is 4.79 Å². The number of nitrogens with one attached hydrogen (secondary N) is 1. The Morgan fingerprint density at radius 2 is 1.82 bits per heavy atom. The van der Waals surface area contributed by atoms with Gasteiger partial charge < -0.3 is 9.47 Å². The van der Waals surface area contributed by atoms with Gasteiger partial charge in [0.2, 0.25) is 0 Å². The summed E-state index contributed by atoms with van der Waals surface area (Å²) in [6.45, 7) is 2.45. The first-order chi connectivity index (χ1) is 16.7. The van der Waals surface area contributed by atoms with Gasteiger partial charge in [-0.1, -0.05) is 73.3 Å². The lowest BCUT2D eigenvalue weighted by atomic mass is 10.1. The van der Waals surface area contributed by atoms with Gasteiger partial charge in [0.15, 0.2) is 22.8 Å². The van der Waals surface area contributed by atoms with Crippen LogP contribution in [0.5, 0.6) is 11.5 Å². The SMILES string of the molecule is CCSC1=NN2C(=c3ccccc3=N[C@H]2c2ccc(OCc3ccccc3)c(OC)c2)C(=O)N1. The molecule has 0 saturated carbocycles. The number of hydrazone groups is 1. The first-order valence-corrected chi connectivity index (χ1v) is 12.0. The number of hydrogen-bond acceptors (Lipinski definition) is 7. The van der Waals surface area contributed by atoms with Crippen LogP contribution in [0.4, 0.5) is 0 Å². The molecule has 1 atom stereocenters. The Morgan fingerprint density at radius 1 is 1.03 bits per heavy atom. The molecule has 2 heterocycles. The molecule has 172 valence electrons. The highest BCUT2D eigenvalue weighted by molar-refractivity contribution is 8.13. The van der Waals surface area contributed by atoms with Crippen molar-refractivity contribution < 1.29 is 14.3 Å². The third-order valence-electron chi connectivity index (χ3n) is 5.52. The quantitative estimate of drug-likeness (QED) is 0.597. The number of amidine groups is 1. The third kappa shape index (κ3) is 4.24. The maximum atomic E-state index is 13.1. The fraction of sp³-hybridized carbons (Fsp3) is 0.192. The molecule has 2 aliphatic heterocycles. The van der Waals surface area contributed by atoms with E-state index in [4.69, 9.17) is 19.6 Å². The zero-order valence-corrected chi connectivity index (χ0v) is 19.7. The second kappa shape index (κ2) is 9.61. The Labute approximate surface area is 201 Å². The van der Waals surface area contributed by atoms with Crippen molar-refractivity contribution in [3.05, 3.63) is 94.5 Å². The fourth-order valence-electron chi connectivity index (χ4n) is 3.95. The van der Waals surface area contributed by atoms with E-state index in [1.165, 1.54) is 11.8 Å². The summed E-state index contributed by atoms with van der Waals surface area (Å²) in [6.07, 6.45) is -0.513. The lowest BCUT2D eigenvalue weighted by Gasteiger charge is -2.34. The molecular formula is C26H24N4O3S. The summed E-state index contributed by atoms with van der Waals surface area (Å²) in [5.41, 5.74) is 2.40. The highest BCUT2D eigenvalue weighted by Gasteiger charge is 2.34. The number of ether oxygens (including phenoxy) is 2. The van der Waals surface area contributed by atoms with E-state index in [1.807, 2.05) is 79.7 Å². The summed E-state index contributed by atoms with van der Waals surface area (Å²) in [6, 6.07) is 23.3. The minimum atomic E-state index is -0.513. The summed E-state index contributed by atoms with van der Waals surface area (Å²) < 4.78 is 11.7. The molecule has 0 unspecified atom stereocenters. The first kappa shape index (κ1) is 22.0. The van der Waals surface area contributed by atoms with Crippen molar-refractivity contribution in [2.45, 2.75) is 19.7 Å². The van der Waals surface area contributed by atoms with Gasteiger partial charge in [-0.25, -0.2) is 5.01 Å². The van der Waals surface area contributed by atoms with Crippen LogP contribution in [0.25, 0.3) is 5.70 Å². The second-order valence-electron chi connectivity index (χ2n) is 7.69. The molecule has 1 N–H and O–H groups in total. The van der Waals surface area contributed by atoms with Crippen LogP contribution < -0.4 is 25.4 Å². The Bertz CT molecular complexity index is 1370. The molecule has 0 bridgehead atoms. The van der Waals surface area contributed by atoms with E-state index in [0.717, 1.165) is 27.5 Å². The topological polar surface area (TPSA) is 75.5 Å². The van der Waals surface area contributed by atoms with Crippen LogP contribution in [0.1, 0.15) is 24.2 Å². The molecule has 5 rings (SSSR count). The monoisotopic (exact) mass is 472 g/mol. The van der Waals surface area contributed by atoms with Crippen LogP contribution in [-0.4, -0.2) is 28.9 Å². The number of para-hydroxylation sites is 1. The minimum Gasteiger partial charge on any atom is -0.493 e. The van der Waals surface area contributed by atoms with Crippen LogP contribution >= 0.6 is 11.8 Å². The van der Waals surface area contributed by atoms with E-state index in [2.05, 4.69) is 5.32 Å². The number of rotatable bonds is 6. The molecule has 0 radical (unpaired) electrons. The molecule has 2 aliphatic rings. The van der Waals surface area contributed by atoms with Crippen molar-refractivity contribution in [1.82, 2.24) is 10.3 Å². The summed E-state index contributed by atoms with van der Waals surface area (Å²) in [5, 5.41) is 11.4. The van der Waals surface area contributed by atoms with Gasteiger partial charge in [0.05, 0.1) is 12.5 Å². The Hall–Kier alpha value is -3.78. The van der Waals surface area contributed by atoms with E-state index in [1.54, 1.807) is 12.1 Å². The van der Waals surface area contributed by atoms with Crippen molar-refractivity contribution >= 4 is 28.5 Å². The smallest absolute Gasteiger partial charge is 0.276 e. The Kier molecular flexibility index (Phi) is 6.22. The lowest BCUT2D eigenvalue weighted by molar-refractivity contribution is -0.116. The van der Waals surface area contributed by atoms with E-state index in [0.29, 0.717) is 29.0 Å². The van der Waals surface area contributed by atoms with Crippen molar-refractivity contribution in [2.75, 3.05) is 12.9 Å². The number of amides is 1. The summed E-state index contributed by atoms with van der Waals surface area (Å²) in [4.78, 5) is 18.0. The number of hydrogen-bond donors (Lipinski definition) is 1. The van der Waals surface area contributed by atoms with Gasteiger partial charge in [-0.05, 0) is 29.5 Å². The fourth-order valence-corrected chi connectivity index (χ4v) is 4.53. The summed E-state index contributed by atoms with van der Waals surface area (Å²) in [5.74, 6) is 1.84. The van der Waals surface area contributed by atoms with E-state index >= 15 is 0 Å². The molecule has 8 heteroatoms. The number of carbonyl (C=O) groups is 1. The third-order valence-corrected chi connectivity index (χ3v) is 6.27. The minimum absolute atomic E-state index is 0.187. The molecule has 0 saturated heterocycles. The number of methoxy groups -OCH3 is 1. The van der Waals surface area contributed by atoms with Gasteiger partial charge >= 0.3 is 0 Å². The largest absolute Gasteiger partial charge is 0.493 e. The normalized spacial score (nSPS) is 16.6. The average molecular weight is 473 g/mol. The maximum absolute atomic E-state index is 13.1. The molecular weight excluding hydrogens is 448 g/mol. The summed E-state index contributed by atoms with van der Waals surface area (Å²) in [7, 11) is 1.61. The highest BCUT2D eigenvalue weighted by atomic mass is 32.2. The second-order valence-corrected chi connectivity index (χ2v) is 8.94. The van der Waals surface area contributed by atoms with Gasteiger partial charge in [-0.3, -0.25) is 15.1 Å². The van der Waals surface area contributed by atoms with Crippen molar-refractivity contribution in [3.8, 4) is 11.5 Å². The van der Waals surface area contributed by atoms with Crippen LogP contribution in [0.15, 0.2) is 82.9 Å². The van der Waals surface area contributed by atoms with Crippen LogP contribution in [0, 0.1) is 0 Å². The van der Waals surface area contributed by atoms with Crippen LogP contribution in [0.2, 0.25) is 0 Å². The zero-order chi connectivity index (χ0) is 23.5. The standard InChI is InChI=1S/C26H24N4O3S/c1-3-34-26-28-25(31)23-19-11-7-8-12-20(19)27-24(30(23)29-26)18-13-14-21(22(15-18)32-2)33-16-17-9-5-4-6-10-17/h4-15,24H,3,16H2,1-2H3,(H,28,29,31)/t24-/m1/s1. The van der Waals surface area contributed by atoms with Crippen molar-refractivity contribution in [1.29, 1.82) is 0 Å². The van der Waals surface area contributed by atoms with Gasteiger partial charge in [0.1, 0.15) is 12.3 Å². The molecule has 3 aromatic carbocycles. The molecule has 3 aromatic rings. The number of carbonyl (C=O) groups excluding carboxylic acids is 1. The maximum Gasteiger partial charge on any atom is 0.276 e. The van der Waals surface area contributed by atoms with Gasteiger partial charge in [0.25, 0.3) is 5.91 Å². The van der Waals surface area contributed by atoms with Gasteiger partial charge in [-0.2, -0.15) is 0 Å². The summed E-state index contributed by atoms with van der Waals surface area (Å²) >= 11 is 1.48. The number of fused-ring (bicyclic) bond motifs is 2. The van der Waals surface area contributed by atoms with E-state index < -0.39 is 6.17 Å². The zero-order valence-electron chi connectivity index (χ0n) is 18.9. The molecule has 0 aromatic heterocycles. The van der Waals surface area contributed by atoms with Crippen LogP contribution in [-0.2, 0) is 11.4 Å². The first-order valence-electron chi connectivity index (χ1n) is 11.0. The highest BCUT2D eigenvalue weighted by Crippen LogP contribution is 2.36. The Balaban J connectivity index is 1.54. The molecule has 0 fully saturated rings. The lowest BCUT2D eigenvalue weighted by Crippen LogP contribution is -2.50. The number of benzene rings is 3. The molecule has 7 nitrogen and oxygen atoms in total. The number of nitrogens with zero attached hydrogens (tertiary/aromatic N) is 3. The average Bonchev–Trinajstić information content (AvgIpc) is 2.87. The predicted octanol–water partition coefficient (Wildman–Crippen LogP) is 3.17. The number of thioether (sulfide) groups is 1. The van der Waals surface area contributed by atoms with Gasteiger partial charge in [-0.15, -0.1) is 5.10 Å². The molecule has 0 spiro atoms. The van der Waals surface area contributed by atoms with E-state index in [-0.39, 0.29) is 5.91 Å². The Morgan fingerprint density at radius 3 is 2.62 bits per heavy atom. The predicted molar refractivity (Wildman–Crippen MR) is 133 cm³/mol. The van der Waals surface area contributed by atoms with Crippen LogP contribution in [0.3, 0.4) is 0 Å². The van der Waals surface area contributed by atoms with Gasteiger partial charge in [0, 0.05) is 10.8 Å². The molecule has 1 amide bonds. The molecule has 34 heavy (non-hydrogen) atoms. The van der Waals surface area contributed by atoms with Crippen molar-refractivity contribution in [2.24, 2.45) is 10.1 Å². The molecule has 0 aliphatic carbocycles.